The van der Waals surface area contributed by atoms with Crippen molar-refractivity contribution in [1.82, 2.24) is 4.57 Å². The van der Waals surface area contributed by atoms with Gasteiger partial charge in [0.1, 0.15) is 5.75 Å². The molecule has 0 aromatic carbocycles. The van der Waals surface area contributed by atoms with Crippen molar-refractivity contribution in [2.45, 2.75) is 84.0 Å². The molecule has 122 valence electrons. The molecule has 0 saturated heterocycles. The highest BCUT2D eigenvalue weighted by Gasteiger charge is 2.30. The number of nitrogens with zero attached hydrogens (tertiary/aromatic N) is 1. The molecule has 0 aliphatic rings. The van der Waals surface area contributed by atoms with Crippen LogP contribution in [0.5, 0.6) is 5.75 Å². The van der Waals surface area contributed by atoms with E-state index in [0.29, 0.717) is 0 Å². The number of hydrogen-bond donors (Lipinski definition) is 0. The Labute approximate surface area is 131 Å². The van der Waals surface area contributed by atoms with E-state index in [1.807, 2.05) is 0 Å². The Bertz CT molecular complexity index is 396. The highest BCUT2D eigenvalue weighted by Crippen LogP contribution is 2.40. The molecule has 21 heavy (non-hydrogen) atoms. The maximum atomic E-state index is 5.63. The van der Waals surface area contributed by atoms with Gasteiger partial charge in [0.15, 0.2) is 0 Å². The van der Waals surface area contributed by atoms with Crippen molar-refractivity contribution < 1.29 is 4.74 Å². The smallest absolute Gasteiger partial charge is 0.140 e. The topological polar surface area (TPSA) is 14.2 Å². The molecule has 0 bridgehead atoms. The molecule has 0 aliphatic carbocycles. The van der Waals surface area contributed by atoms with Gasteiger partial charge in [-0.3, -0.25) is 0 Å². The van der Waals surface area contributed by atoms with Crippen molar-refractivity contribution in [3.05, 3.63) is 18.0 Å². The van der Waals surface area contributed by atoms with E-state index in [-0.39, 0.29) is 5.41 Å². The highest BCUT2D eigenvalue weighted by molar-refractivity contribution is 5.37. The molecule has 1 rings (SSSR count). The Morgan fingerprint density at radius 3 is 2.10 bits per heavy atom. The van der Waals surface area contributed by atoms with Crippen LogP contribution in [0.2, 0.25) is 0 Å². The molecular weight excluding hydrogens is 258 g/mol. The third kappa shape index (κ3) is 5.41. The zero-order valence-corrected chi connectivity index (χ0v) is 14.9. The number of aromatic nitrogens is 1. The van der Waals surface area contributed by atoms with Gasteiger partial charge in [-0.05, 0) is 18.3 Å². The summed E-state index contributed by atoms with van der Waals surface area (Å²) in [6.45, 7) is 6.99. The van der Waals surface area contributed by atoms with Gasteiger partial charge in [0.2, 0.25) is 0 Å². The summed E-state index contributed by atoms with van der Waals surface area (Å²) in [6, 6.07) is 0. The van der Waals surface area contributed by atoms with E-state index in [4.69, 9.17) is 4.74 Å². The average Bonchev–Trinajstić information content (AvgIpc) is 2.86. The van der Waals surface area contributed by atoms with Crippen LogP contribution in [-0.2, 0) is 12.5 Å². The molecule has 2 heteroatoms. The molecule has 0 aliphatic heterocycles. The predicted octanol–water partition coefficient (Wildman–Crippen LogP) is 5.84. The number of unbranched alkanes of at least 4 members (excludes halogenated alkanes) is 5. The number of rotatable bonds is 11. The molecule has 0 fully saturated rings. The summed E-state index contributed by atoms with van der Waals surface area (Å²) in [5.74, 6) is 1.06. The third-order valence-electron chi connectivity index (χ3n) is 4.70. The van der Waals surface area contributed by atoms with E-state index in [2.05, 4.69) is 44.8 Å². The summed E-state index contributed by atoms with van der Waals surface area (Å²) in [5.41, 5.74) is 1.66. The Morgan fingerprint density at radius 1 is 0.952 bits per heavy atom. The minimum absolute atomic E-state index is 0.259. The Morgan fingerprint density at radius 2 is 1.52 bits per heavy atom. The zero-order chi connectivity index (χ0) is 15.7. The Hall–Kier alpha value is -0.920. The van der Waals surface area contributed by atoms with Crippen molar-refractivity contribution in [3.63, 3.8) is 0 Å². The fourth-order valence-corrected chi connectivity index (χ4v) is 3.28. The first kappa shape index (κ1) is 18.1. The monoisotopic (exact) mass is 293 g/mol. The quantitative estimate of drug-likeness (QED) is 0.467. The lowest BCUT2D eigenvalue weighted by Crippen LogP contribution is -2.22. The molecule has 1 heterocycles. The number of ether oxygens (including phenoxy) is 1. The molecule has 0 spiro atoms. The van der Waals surface area contributed by atoms with Gasteiger partial charge in [0.25, 0.3) is 0 Å². The van der Waals surface area contributed by atoms with Crippen molar-refractivity contribution in [2.24, 2.45) is 7.05 Å². The Kier molecular flexibility index (Phi) is 7.92. The summed E-state index contributed by atoms with van der Waals surface area (Å²) in [4.78, 5) is 0. The average molecular weight is 293 g/mol. The van der Waals surface area contributed by atoms with Gasteiger partial charge in [-0.15, -0.1) is 0 Å². The van der Waals surface area contributed by atoms with Crippen LogP contribution in [0.3, 0.4) is 0 Å². The molecule has 1 atom stereocenters. The Balaban J connectivity index is 2.82. The lowest BCUT2D eigenvalue weighted by molar-refractivity contribution is 0.341. The van der Waals surface area contributed by atoms with E-state index >= 15 is 0 Å². The fourth-order valence-electron chi connectivity index (χ4n) is 3.28. The van der Waals surface area contributed by atoms with E-state index in [0.717, 1.165) is 5.75 Å². The van der Waals surface area contributed by atoms with Crippen LogP contribution in [0.15, 0.2) is 12.4 Å². The van der Waals surface area contributed by atoms with Crippen LogP contribution >= 0.6 is 0 Å². The van der Waals surface area contributed by atoms with Crippen molar-refractivity contribution >= 4 is 0 Å². The maximum Gasteiger partial charge on any atom is 0.140 e. The van der Waals surface area contributed by atoms with Gasteiger partial charge in [-0.25, -0.2) is 0 Å². The summed E-state index contributed by atoms with van der Waals surface area (Å²) in [6.07, 6.45) is 16.2. The fraction of sp³-hybridized carbons (Fsp3) is 0.789. The van der Waals surface area contributed by atoms with Gasteiger partial charge in [0, 0.05) is 25.0 Å². The van der Waals surface area contributed by atoms with E-state index in [9.17, 15) is 0 Å². The van der Waals surface area contributed by atoms with Gasteiger partial charge < -0.3 is 9.30 Å². The highest BCUT2D eigenvalue weighted by atomic mass is 16.5. The molecule has 0 N–H and O–H groups in total. The van der Waals surface area contributed by atoms with Crippen LogP contribution in [0.4, 0.5) is 0 Å². The molecule has 0 saturated carbocycles. The van der Waals surface area contributed by atoms with Gasteiger partial charge in [0.05, 0.1) is 7.11 Å². The van der Waals surface area contributed by atoms with Crippen molar-refractivity contribution in [3.8, 4) is 5.75 Å². The summed E-state index contributed by atoms with van der Waals surface area (Å²) in [5, 5.41) is 0. The second kappa shape index (κ2) is 9.17. The minimum atomic E-state index is 0.259. The van der Waals surface area contributed by atoms with E-state index in [1.54, 1.807) is 7.11 Å². The van der Waals surface area contributed by atoms with Crippen molar-refractivity contribution in [1.29, 1.82) is 0 Å². The van der Waals surface area contributed by atoms with E-state index in [1.165, 1.54) is 63.4 Å². The predicted molar refractivity (Wildman–Crippen MR) is 92.2 cm³/mol. The molecule has 1 aromatic rings. The van der Waals surface area contributed by atoms with Crippen LogP contribution in [0.1, 0.15) is 84.1 Å². The molecular formula is C19H35NO. The van der Waals surface area contributed by atoms with Crippen LogP contribution in [0.25, 0.3) is 0 Å². The first-order chi connectivity index (χ1) is 10.1. The van der Waals surface area contributed by atoms with Crippen LogP contribution < -0.4 is 4.74 Å². The lowest BCUT2D eigenvalue weighted by atomic mass is 9.75. The summed E-state index contributed by atoms with van der Waals surface area (Å²) < 4.78 is 7.76. The SMILES string of the molecule is CCCCCCC(C)(CCCCC)c1cn(C)cc1OC. The van der Waals surface area contributed by atoms with E-state index < -0.39 is 0 Å². The zero-order valence-electron chi connectivity index (χ0n) is 14.9. The largest absolute Gasteiger partial charge is 0.495 e. The summed E-state index contributed by atoms with van der Waals surface area (Å²) in [7, 11) is 3.89. The first-order valence-electron chi connectivity index (χ1n) is 8.77. The van der Waals surface area contributed by atoms with Gasteiger partial charge >= 0.3 is 0 Å². The number of aryl methyl sites for hydroxylation is 1. The second-order valence-corrected chi connectivity index (χ2v) is 6.73. The second-order valence-electron chi connectivity index (χ2n) is 6.73. The molecule has 2 nitrogen and oxygen atoms in total. The normalized spacial score (nSPS) is 14.1. The molecule has 0 radical (unpaired) electrons. The third-order valence-corrected chi connectivity index (χ3v) is 4.70. The van der Waals surface area contributed by atoms with Gasteiger partial charge in [-0.1, -0.05) is 65.7 Å². The molecule has 0 amide bonds. The lowest BCUT2D eigenvalue weighted by Gasteiger charge is -2.30. The minimum Gasteiger partial charge on any atom is -0.495 e. The first-order valence-corrected chi connectivity index (χ1v) is 8.77. The standard InChI is InChI=1S/C19H35NO/c1-6-8-10-12-14-19(3,13-11-9-7-2)17-15-20(4)16-18(17)21-5/h15-16H,6-14H2,1-5H3. The maximum absolute atomic E-state index is 5.63. The number of methoxy groups -OCH3 is 1. The number of hydrogen-bond acceptors (Lipinski definition) is 1. The van der Waals surface area contributed by atoms with Gasteiger partial charge in [-0.2, -0.15) is 0 Å². The van der Waals surface area contributed by atoms with Crippen LogP contribution in [0, 0.1) is 0 Å². The van der Waals surface area contributed by atoms with Crippen molar-refractivity contribution in [2.75, 3.05) is 7.11 Å². The molecule has 1 aromatic heterocycles. The van der Waals surface area contributed by atoms with Crippen LogP contribution in [-0.4, -0.2) is 11.7 Å². The molecule has 1 unspecified atom stereocenters. The summed E-state index contributed by atoms with van der Waals surface area (Å²) >= 11 is 0.